The van der Waals surface area contributed by atoms with E-state index in [0.29, 0.717) is 61.5 Å². The van der Waals surface area contributed by atoms with Crippen LogP contribution >= 0.6 is 11.6 Å². The van der Waals surface area contributed by atoms with Crippen molar-refractivity contribution in [2.75, 3.05) is 38.0 Å². The van der Waals surface area contributed by atoms with Crippen LogP contribution in [-0.2, 0) is 22.6 Å². The van der Waals surface area contributed by atoms with Gasteiger partial charge in [-0.25, -0.2) is 9.78 Å². The van der Waals surface area contributed by atoms with Gasteiger partial charge in [-0.3, -0.25) is 14.5 Å². The fraction of sp³-hybridized carbons (Fsp3) is 0.500. The Morgan fingerprint density at radius 2 is 1.90 bits per heavy atom. The number of fused-ring (bicyclic) bond motifs is 1. The Kier molecular flexibility index (Phi) is 8.97. The number of nitrogens with one attached hydrogen (secondary N) is 1. The van der Waals surface area contributed by atoms with Crippen LogP contribution in [-0.4, -0.2) is 86.5 Å². The second-order valence-electron chi connectivity index (χ2n) is 10.9. The number of carbonyl (C=O) groups excluding carboxylic acids is 3. The number of hydrogen-bond acceptors (Lipinski definition) is 6. The Labute approximate surface area is 234 Å². The first kappa shape index (κ1) is 28.6. The highest BCUT2D eigenvalue weighted by atomic mass is 35.5. The van der Waals surface area contributed by atoms with Gasteiger partial charge in [-0.15, -0.1) is 0 Å². The molecule has 210 valence electrons. The van der Waals surface area contributed by atoms with Gasteiger partial charge >= 0.3 is 6.09 Å². The highest BCUT2D eigenvalue weighted by Gasteiger charge is 2.29. The van der Waals surface area contributed by atoms with Gasteiger partial charge in [0.15, 0.2) is 0 Å². The molecule has 0 unspecified atom stereocenters. The standard InChI is InChI=1S/C28H37ClN6O4/c1-20-11-13-32(14-16-34(20)27(38)39-28(2,3)4)12-7-10-25(36)33-15-17-35-23(18-30-24(35)19-33)26(37)31-22-9-6-5-8-21(22)29/h5-10,18,20H,11-17,19H2,1-4H3,(H,31,37)/b10-7+/t20-/m1/s1. The average molecular weight is 557 g/mol. The number of anilines is 1. The van der Waals surface area contributed by atoms with Crippen molar-refractivity contribution >= 4 is 35.2 Å². The van der Waals surface area contributed by atoms with E-state index >= 15 is 0 Å². The Bertz CT molecular complexity index is 1240. The Hall–Kier alpha value is -3.37. The van der Waals surface area contributed by atoms with Gasteiger partial charge in [0.25, 0.3) is 5.91 Å². The van der Waals surface area contributed by atoms with E-state index in [0.717, 1.165) is 13.0 Å². The Balaban J connectivity index is 1.28. The highest BCUT2D eigenvalue weighted by molar-refractivity contribution is 6.33. The average Bonchev–Trinajstić information content (AvgIpc) is 3.21. The maximum atomic E-state index is 12.9. The summed E-state index contributed by atoms with van der Waals surface area (Å²) in [5.41, 5.74) is 0.444. The summed E-state index contributed by atoms with van der Waals surface area (Å²) in [6.45, 7) is 11.7. The van der Waals surface area contributed by atoms with E-state index in [1.54, 1.807) is 40.1 Å². The molecule has 0 saturated carbocycles. The van der Waals surface area contributed by atoms with Gasteiger partial charge in [0.05, 0.1) is 23.5 Å². The van der Waals surface area contributed by atoms with Gasteiger partial charge in [-0.2, -0.15) is 0 Å². The first-order valence-electron chi connectivity index (χ1n) is 13.3. The minimum Gasteiger partial charge on any atom is -0.444 e. The number of benzene rings is 1. The molecule has 1 saturated heterocycles. The molecule has 3 heterocycles. The summed E-state index contributed by atoms with van der Waals surface area (Å²) >= 11 is 6.16. The largest absolute Gasteiger partial charge is 0.444 e. The molecule has 1 fully saturated rings. The molecule has 2 aliphatic rings. The number of para-hydroxylation sites is 1. The summed E-state index contributed by atoms with van der Waals surface area (Å²) in [5, 5.41) is 3.29. The van der Waals surface area contributed by atoms with E-state index in [-0.39, 0.29) is 23.9 Å². The number of rotatable bonds is 5. The summed E-state index contributed by atoms with van der Waals surface area (Å²) in [5.74, 6) is 0.277. The molecule has 10 nitrogen and oxygen atoms in total. The first-order chi connectivity index (χ1) is 18.5. The van der Waals surface area contributed by atoms with Gasteiger partial charge < -0.3 is 24.4 Å². The zero-order valence-corrected chi connectivity index (χ0v) is 23.8. The minimum absolute atomic E-state index is 0.0872. The van der Waals surface area contributed by atoms with Gasteiger partial charge in [0.2, 0.25) is 5.91 Å². The first-order valence-corrected chi connectivity index (χ1v) is 13.7. The molecule has 1 N–H and O–H groups in total. The topological polar surface area (TPSA) is 100 Å². The summed E-state index contributed by atoms with van der Waals surface area (Å²) < 4.78 is 7.40. The zero-order valence-electron chi connectivity index (χ0n) is 23.0. The molecule has 1 aromatic heterocycles. The van der Waals surface area contributed by atoms with Crippen LogP contribution in [0.5, 0.6) is 0 Å². The molecule has 0 bridgehead atoms. The van der Waals surface area contributed by atoms with E-state index in [9.17, 15) is 14.4 Å². The van der Waals surface area contributed by atoms with Crippen LogP contribution in [0.3, 0.4) is 0 Å². The van der Waals surface area contributed by atoms with Crippen molar-refractivity contribution in [3.05, 3.63) is 59.2 Å². The lowest BCUT2D eigenvalue weighted by atomic mass is 10.2. The molecule has 4 rings (SSSR count). The minimum atomic E-state index is -0.526. The Morgan fingerprint density at radius 3 is 2.64 bits per heavy atom. The van der Waals surface area contributed by atoms with Crippen molar-refractivity contribution in [3.63, 3.8) is 0 Å². The van der Waals surface area contributed by atoms with Crippen molar-refractivity contribution < 1.29 is 19.1 Å². The molecule has 11 heteroatoms. The molecule has 39 heavy (non-hydrogen) atoms. The maximum absolute atomic E-state index is 12.9. The van der Waals surface area contributed by atoms with E-state index in [1.807, 2.05) is 38.3 Å². The summed E-state index contributed by atoms with van der Waals surface area (Å²) in [6.07, 6.45) is 5.56. The lowest BCUT2D eigenvalue weighted by Gasteiger charge is -2.30. The molecule has 1 atom stereocenters. The number of nitrogens with zero attached hydrogens (tertiary/aromatic N) is 5. The lowest BCUT2D eigenvalue weighted by molar-refractivity contribution is -0.127. The van der Waals surface area contributed by atoms with E-state index in [4.69, 9.17) is 16.3 Å². The van der Waals surface area contributed by atoms with Gasteiger partial charge in [0.1, 0.15) is 17.1 Å². The normalized spacial score (nSPS) is 18.5. The van der Waals surface area contributed by atoms with Crippen LogP contribution in [0.15, 0.2) is 42.6 Å². The van der Waals surface area contributed by atoms with Crippen LogP contribution in [0.2, 0.25) is 5.02 Å². The van der Waals surface area contributed by atoms with Crippen molar-refractivity contribution in [1.29, 1.82) is 0 Å². The maximum Gasteiger partial charge on any atom is 0.410 e. The third-order valence-electron chi connectivity index (χ3n) is 6.83. The van der Waals surface area contributed by atoms with Crippen molar-refractivity contribution in [3.8, 4) is 0 Å². The number of imidazole rings is 1. The van der Waals surface area contributed by atoms with Crippen LogP contribution < -0.4 is 5.32 Å². The summed E-state index contributed by atoms with van der Waals surface area (Å²) in [7, 11) is 0. The van der Waals surface area contributed by atoms with Crippen LogP contribution in [0.4, 0.5) is 10.5 Å². The van der Waals surface area contributed by atoms with Crippen LogP contribution in [0.1, 0.15) is 50.4 Å². The van der Waals surface area contributed by atoms with Gasteiger partial charge in [0, 0.05) is 51.4 Å². The van der Waals surface area contributed by atoms with E-state index in [1.165, 1.54) is 6.20 Å². The molecule has 0 aliphatic carbocycles. The monoisotopic (exact) mass is 556 g/mol. The summed E-state index contributed by atoms with van der Waals surface area (Å²) in [6, 6.07) is 7.14. The fourth-order valence-corrected chi connectivity index (χ4v) is 4.85. The van der Waals surface area contributed by atoms with Crippen LogP contribution in [0.25, 0.3) is 0 Å². The molecule has 2 aliphatic heterocycles. The zero-order chi connectivity index (χ0) is 28.2. The van der Waals surface area contributed by atoms with Crippen molar-refractivity contribution in [2.45, 2.75) is 58.8 Å². The molecule has 3 amide bonds. The Morgan fingerprint density at radius 1 is 1.13 bits per heavy atom. The van der Waals surface area contributed by atoms with Crippen molar-refractivity contribution in [1.82, 2.24) is 24.3 Å². The molecular weight excluding hydrogens is 520 g/mol. The predicted octanol–water partition coefficient (Wildman–Crippen LogP) is 4.02. The number of aromatic nitrogens is 2. The number of carbonyl (C=O) groups is 3. The second kappa shape index (κ2) is 12.2. The van der Waals surface area contributed by atoms with Crippen LogP contribution in [0, 0.1) is 0 Å². The second-order valence-corrected chi connectivity index (χ2v) is 11.3. The smallest absolute Gasteiger partial charge is 0.410 e. The van der Waals surface area contributed by atoms with E-state index < -0.39 is 5.60 Å². The number of ether oxygens (including phenoxy) is 1. The number of amides is 3. The molecule has 2 aromatic rings. The third-order valence-corrected chi connectivity index (χ3v) is 7.16. The highest BCUT2D eigenvalue weighted by Crippen LogP contribution is 2.22. The molecule has 1 aromatic carbocycles. The predicted molar refractivity (Wildman–Crippen MR) is 150 cm³/mol. The van der Waals surface area contributed by atoms with E-state index in [2.05, 4.69) is 15.2 Å². The third kappa shape index (κ3) is 7.39. The lowest BCUT2D eigenvalue weighted by Crippen LogP contribution is -2.43. The number of hydrogen-bond donors (Lipinski definition) is 1. The SMILES string of the molecule is C[C@@H]1CCN(C/C=C/C(=O)N2CCn3c(C(=O)Nc4ccccc4Cl)cnc3C2)CCN1C(=O)OC(C)(C)C. The fourth-order valence-electron chi connectivity index (χ4n) is 4.67. The summed E-state index contributed by atoms with van der Waals surface area (Å²) in [4.78, 5) is 48.4. The van der Waals surface area contributed by atoms with Gasteiger partial charge in [-0.05, 0) is 46.2 Å². The molecule has 0 radical (unpaired) electrons. The quantitative estimate of drug-likeness (QED) is 0.558. The molecule has 0 spiro atoms. The van der Waals surface area contributed by atoms with Gasteiger partial charge in [-0.1, -0.05) is 29.8 Å². The van der Waals surface area contributed by atoms with Crippen molar-refractivity contribution in [2.24, 2.45) is 0 Å². The number of halogens is 1. The molecular formula is C28H37ClN6O4.